The van der Waals surface area contributed by atoms with E-state index in [-0.39, 0.29) is 6.54 Å². The van der Waals surface area contributed by atoms with Crippen LogP contribution in [-0.4, -0.2) is 15.0 Å². The zero-order chi connectivity index (χ0) is 16.0. The highest BCUT2D eigenvalue weighted by molar-refractivity contribution is 7.95. The summed E-state index contributed by atoms with van der Waals surface area (Å²) in [4.78, 5) is 0. The van der Waals surface area contributed by atoms with Gasteiger partial charge in [0.15, 0.2) is 0 Å². The molecule has 0 aliphatic carbocycles. The molecule has 2 aromatic carbocycles. The molecular formula is C17H16ClNO2S. The van der Waals surface area contributed by atoms with E-state index in [0.717, 1.165) is 5.56 Å². The zero-order valence-corrected chi connectivity index (χ0v) is 13.5. The fraction of sp³-hybridized carbons (Fsp3) is 0.0588. The quantitative estimate of drug-likeness (QED) is 0.738. The normalized spacial score (nSPS) is 11.5. The van der Waals surface area contributed by atoms with E-state index in [1.165, 1.54) is 9.71 Å². The molecule has 0 aliphatic heterocycles. The third-order valence-electron chi connectivity index (χ3n) is 2.95. The molecule has 3 nitrogen and oxygen atoms in total. The van der Waals surface area contributed by atoms with Gasteiger partial charge < -0.3 is 0 Å². The average Bonchev–Trinajstić information content (AvgIpc) is 2.53. The topological polar surface area (TPSA) is 37.4 Å². The first-order valence-electron chi connectivity index (χ1n) is 6.65. The SMILES string of the molecule is C=CCN(c1ccccc1)S(=O)(=O)/C=C/c1ccc(Cl)cc1. The van der Waals surface area contributed by atoms with E-state index in [0.29, 0.717) is 10.7 Å². The molecule has 0 saturated carbocycles. The molecule has 0 saturated heterocycles. The van der Waals surface area contributed by atoms with Crippen LogP contribution >= 0.6 is 11.6 Å². The molecular weight excluding hydrogens is 318 g/mol. The minimum Gasteiger partial charge on any atom is -0.263 e. The van der Waals surface area contributed by atoms with E-state index < -0.39 is 10.0 Å². The van der Waals surface area contributed by atoms with Gasteiger partial charge >= 0.3 is 0 Å². The summed E-state index contributed by atoms with van der Waals surface area (Å²) in [6.07, 6.45) is 3.10. The van der Waals surface area contributed by atoms with Crippen LogP contribution in [0.25, 0.3) is 6.08 Å². The molecule has 0 heterocycles. The van der Waals surface area contributed by atoms with Crippen LogP contribution in [0.2, 0.25) is 5.02 Å². The van der Waals surface area contributed by atoms with Crippen molar-refractivity contribution in [3.05, 3.63) is 83.2 Å². The second kappa shape index (κ2) is 7.29. The molecule has 22 heavy (non-hydrogen) atoms. The Morgan fingerprint density at radius 3 is 2.27 bits per heavy atom. The lowest BCUT2D eigenvalue weighted by Gasteiger charge is -2.20. The summed E-state index contributed by atoms with van der Waals surface area (Å²) in [5.41, 5.74) is 1.36. The van der Waals surface area contributed by atoms with Gasteiger partial charge in [0.1, 0.15) is 0 Å². The highest BCUT2D eigenvalue weighted by Crippen LogP contribution is 2.19. The van der Waals surface area contributed by atoms with Gasteiger partial charge in [0.25, 0.3) is 10.0 Å². The number of sulfonamides is 1. The van der Waals surface area contributed by atoms with Gasteiger partial charge in [-0.25, -0.2) is 8.42 Å². The molecule has 2 aromatic rings. The lowest BCUT2D eigenvalue weighted by atomic mass is 10.2. The number of nitrogens with zero attached hydrogens (tertiary/aromatic N) is 1. The first-order valence-corrected chi connectivity index (χ1v) is 8.53. The number of para-hydroxylation sites is 1. The number of hydrogen-bond donors (Lipinski definition) is 0. The molecule has 0 spiro atoms. The van der Waals surface area contributed by atoms with Crippen LogP contribution < -0.4 is 4.31 Å². The zero-order valence-electron chi connectivity index (χ0n) is 11.9. The van der Waals surface area contributed by atoms with Crippen molar-refractivity contribution >= 4 is 33.4 Å². The third-order valence-corrected chi connectivity index (χ3v) is 4.66. The van der Waals surface area contributed by atoms with Gasteiger partial charge in [0.05, 0.1) is 17.6 Å². The van der Waals surface area contributed by atoms with E-state index in [1.54, 1.807) is 60.7 Å². The van der Waals surface area contributed by atoms with Crippen LogP contribution in [0.1, 0.15) is 5.56 Å². The monoisotopic (exact) mass is 333 g/mol. The Bertz CT molecular complexity index is 753. The summed E-state index contributed by atoms with van der Waals surface area (Å²) in [6.45, 7) is 3.83. The first kappa shape index (κ1) is 16.3. The summed E-state index contributed by atoms with van der Waals surface area (Å²) in [6, 6.07) is 15.9. The second-order valence-electron chi connectivity index (χ2n) is 4.55. The Labute approximate surface area is 136 Å². The number of benzene rings is 2. The molecule has 114 valence electrons. The second-order valence-corrected chi connectivity index (χ2v) is 6.73. The van der Waals surface area contributed by atoms with Gasteiger partial charge in [-0.3, -0.25) is 4.31 Å². The molecule has 0 fully saturated rings. The van der Waals surface area contributed by atoms with Crippen LogP contribution in [0.15, 0.2) is 72.7 Å². The van der Waals surface area contributed by atoms with Crippen LogP contribution in [0.5, 0.6) is 0 Å². The smallest absolute Gasteiger partial charge is 0.257 e. The molecule has 5 heteroatoms. The predicted octanol–water partition coefficient (Wildman–Crippen LogP) is 4.33. The van der Waals surface area contributed by atoms with Crippen LogP contribution in [0.3, 0.4) is 0 Å². The summed E-state index contributed by atoms with van der Waals surface area (Å²) >= 11 is 5.81. The highest BCUT2D eigenvalue weighted by Gasteiger charge is 2.17. The molecule has 0 aliphatic rings. The van der Waals surface area contributed by atoms with Gasteiger partial charge in [-0.15, -0.1) is 6.58 Å². The van der Waals surface area contributed by atoms with Crippen molar-refractivity contribution in [3.63, 3.8) is 0 Å². The Balaban J connectivity index is 2.29. The number of anilines is 1. The van der Waals surface area contributed by atoms with E-state index in [9.17, 15) is 8.42 Å². The maximum atomic E-state index is 12.5. The van der Waals surface area contributed by atoms with Crippen molar-refractivity contribution in [2.75, 3.05) is 10.8 Å². The van der Waals surface area contributed by atoms with Crippen LogP contribution in [0.4, 0.5) is 5.69 Å². The fourth-order valence-electron chi connectivity index (χ4n) is 1.88. The number of rotatable bonds is 6. The molecule has 2 rings (SSSR count). The lowest BCUT2D eigenvalue weighted by Crippen LogP contribution is -2.29. The minimum atomic E-state index is -3.60. The van der Waals surface area contributed by atoms with E-state index in [1.807, 2.05) is 6.07 Å². The summed E-state index contributed by atoms with van der Waals surface area (Å²) in [5.74, 6) is 0. The lowest BCUT2D eigenvalue weighted by molar-refractivity contribution is 0.601. The van der Waals surface area contributed by atoms with Gasteiger partial charge in [-0.2, -0.15) is 0 Å². The van der Waals surface area contributed by atoms with Crippen molar-refractivity contribution in [1.29, 1.82) is 0 Å². The van der Waals surface area contributed by atoms with Crippen LogP contribution in [0, 0.1) is 0 Å². The average molecular weight is 334 g/mol. The van der Waals surface area contributed by atoms with Gasteiger partial charge in [0, 0.05) is 5.02 Å². The molecule has 0 unspecified atom stereocenters. The minimum absolute atomic E-state index is 0.206. The molecule has 0 radical (unpaired) electrons. The van der Waals surface area contributed by atoms with Gasteiger partial charge in [-0.05, 0) is 35.9 Å². The van der Waals surface area contributed by atoms with Crippen molar-refractivity contribution in [2.24, 2.45) is 0 Å². The van der Waals surface area contributed by atoms with Crippen molar-refractivity contribution in [1.82, 2.24) is 0 Å². The highest BCUT2D eigenvalue weighted by atomic mass is 35.5. The Morgan fingerprint density at radius 1 is 1.05 bits per heavy atom. The van der Waals surface area contributed by atoms with E-state index in [4.69, 9.17) is 11.6 Å². The Kier molecular flexibility index (Phi) is 5.41. The maximum Gasteiger partial charge on any atom is 0.257 e. The molecule has 0 amide bonds. The number of hydrogen-bond acceptors (Lipinski definition) is 2. The van der Waals surface area contributed by atoms with Gasteiger partial charge in [0.2, 0.25) is 0 Å². The molecule has 0 atom stereocenters. The summed E-state index contributed by atoms with van der Waals surface area (Å²) < 4.78 is 26.4. The predicted molar refractivity (Wildman–Crippen MR) is 93.4 cm³/mol. The van der Waals surface area contributed by atoms with Crippen LogP contribution in [-0.2, 0) is 10.0 Å². The van der Waals surface area contributed by atoms with Crippen molar-refractivity contribution in [2.45, 2.75) is 0 Å². The molecule has 0 N–H and O–H groups in total. The van der Waals surface area contributed by atoms with Crippen molar-refractivity contribution in [3.8, 4) is 0 Å². The summed E-state index contributed by atoms with van der Waals surface area (Å²) in [5, 5.41) is 1.80. The molecule has 0 aromatic heterocycles. The summed E-state index contributed by atoms with van der Waals surface area (Å²) in [7, 11) is -3.60. The van der Waals surface area contributed by atoms with Gasteiger partial charge in [-0.1, -0.05) is 48.0 Å². The molecule has 0 bridgehead atoms. The standard InChI is InChI=1S/C17H16ClNO2S/c1-2-13-19(17-6-4-3-5-7-17)22(20,21)14-12-15-8-10-16(18)11-9-15/h2-12,14H,1,13H2/b14-12+. The van der Waals surface area contributed by atoms with E-state index in [2.05, 4.69) is 6.58 Å². The maximum absolute atomic E-state index is 12.5. The Hall–Kier alpha value is -2.04. The van der Waals surface area contributed by atoms with E-state index >= 15 is 0 Å². The van der Waals surface area contributed by atoms with Crippen molar-refractivity contribution < 1.29 is 8.42 Å². The third kappa shape index (κ3) is 4.23. The number of halogens is 1. The first-order chi connectivity index (χ1) is 10.5. The fourth-order valence-corrected chi connectivity index (χ4v) is 3.21. The Morgan fingerprint density at radius 2 is 1.68 bits per heavy atom. The largest absolute Gasteiger partial charge is 0.263 e.